The van der Waals surface area contributed by atoms with E-state index < -0.39 is 5.54 Å². The van der Waals surface area contributed by atoms with Crippen LogP contribution in [0, 0.1) is 18.3 Å². The minimum atomic E-state index is -0.745. The molecule has 4 nitrogen and oxygen atoms in total. The Kier molecular flexibility index (Phi) is 3.31. The summed E-state index contributed by atoms with van der Waals surface area (Å²) >= 11 is 0. The van der Waals surface area contributed by atoms with E-state index in [4.69, 9.17) is 4.42 Å². The number of hydrogen-bond acceptors (Lipinski definition) is 3. The summed E-state index contributed by atoms with van der Waals surface area (Å²) in [6.07, 6.45) is 3.35. The van der Waals surface area contributed by atoms with Crippen LogP contribution in [0.3, 0.4) is 0 Å². The third-order valence-corrected chi connectivity index (χ3v) is 5.06. The quantitative estimate of drug-likeness (QED) is 0.758. The maximum Gasteiger partial charge on any atom is 0.288 e. The molecule has 3 aromatic rings. The molecule has 0 spiro atoms. The Hall–Kier alpha value is -2.80. The molecule has 1 heterocycles. The van der Waals surface area contributed by atoms with Crippen molar-refractivity contribution in [2.75, 3.05) is 0 Å². The average Bonchev–Trinajstić information content (AvgIpc) is 3.20. The molecule has 1 aliphatic carbocycles. The molecule has 0 atom stereocenters. The molecule has 0 saturated heterocycles. The molecule has 0 unspecified atom stereocenters. The number of furan rings is 1. The molecule has 1 aromatic heterocycles. The van der Waals surface area contributed by atoms with E-state index in [0.29, 0.717) is 18.6 Å². The molecule has 1 saturated carbocycles. The van der Waals surface area contributed by atoms with Crippen LogP contribution in [-0.4, -0.2) is 11.4 Å². The van der Waals surface area contributed by atoms with Gasteiger partial charge in [0.15, 0.2) is 5.76 Å². The highest BCUT2D eigenvalue weighted by molar-refractivity contribution is 6.09. The van der Waals surface area contributed by atoms with Crippen LogP contribution in [0.1, 0.15) is 41.8 Å². The van der Waals surface area contributed by atoms with Crippen LogP contribution in [0.15, 0.2) is 40.8 Å². The number of benzene rings is 2. The second-order valence-corrected chi connectivity index (χ2v) is 6.57. The van der Waals surface area contributed by atoms with Gasteiger partial charge in [-0.15, -0.1) is 0 Å². The van der Waals surface area contributed by atoms with Crippen LogP contribution < -0.4 is 5.32 Å². The second kappa shape index (κ2) is 5.38. The molecule has 1 N–H and O–H groups in total. The van der Waals surface area contributed by atoms with E-state index in [9.17, 15) is 10.1 Å². The molecule has 120 valence electrons. The Bertz CT molecular complexity index is 988. The van der Waals surface area contributed by atoms with Crippen molar-refractivity contribution in [1.82, 2.24) is 5.32 Å². The van der Waals surface area contributed by atoms with Gasteiger partial charge in [0, 0.05) is 16.3 Å². The maximum atomic E-state index is 12.7. The molecule has 24 heavy (non-hydrogen) atoms. The summed E-state index contributed by atoms with van der Waals surface area (Å²) in [4.78, 5) is 12.7. The van der Waals surface area contributed by atoms with Crippen LogP contribution in [0.25, 0.3) is 21.7 Å². The molecule has 0 bridgehead atoms. The zero-order chi connectivity index (χ0) is 16.7. The smallest absolute Gasteiger partial charge is 0.288 e. The number of carbonyl (C=O) groups is 1. The SMILES string of the molecule is Cc1c(C(=O)NC2(C#N)CCCC2)oc2c1ccc1ccccc12. The molecule has 1 aliphatic rings. The highest BCUT2D eigenvalue weighted by atomic mass is 16.3. The van der Waals surface area contributed by atoms with Crippen LogP contribution in [0.2, 0.25) is 0 Å². The molecule has 1 amide bonds. The lowest BCUT2D eigenvalue weighted by molar-refractivity contribution is 0.0893. The lowest BCUT2D eigenvalue weighted by atomic mass is 9.99. The summed E-state index contributed by atoms with van der Waals surface area (Å²) in [6, 6.07) is 14.3. The first kappa shape index (κ1) is 14.8. The summed E-state index contributed by atoms with van der Waals surface area (Å²) in [7, 11) is 0. The topological polar surface area (TPSA) is 66.0 Å². The number of amides is 1. The van der Waals surface area contributed by atoms with Crippen molar-refractivity contribution in [2.24, 2.45) is 0 Å². The van der Waals surface area contributed by atoms with Gasteiger partial charge in [-0.25, -0.2) is 0 Å². The number of rotatable bonds is 2. The van der Waals surface area contributed by atoms with E-state index in [1.165, 1.54) is 0 Å². The van der Waals surface area contributed by atoms with E-state index >= 15 is 0 Å². The van der Waals surface area contributed by atoms with Gasteiger partial charge in [0.1, 0.15) is 11.1 Å². The largest absolute Gasteiger partial charge is 0.450 e. The maximum absolute atomic E-state index is 12.7. The third-order valence-electron chi connectivity index (χ3n) is 5.06. The van der Waals surface area contributed by atoms with Gasteiger partial charge in [0.25, 0.3) is 5.91 Å². The highest BCUT2D eigenvalue weighted by Gasteiger charge is 2.36. The first-order chi connectivity index (χ1) is 11.6. The van der Waals surface area contributed by atoms with Crippen molar-refractivity contribution in [2.45, 2.75) is 38.1 Å². The van der Waals surface area contributed by atoms with Gasteiger partial charge in [-0.3, -0.25) is 4.79 Å². The minimum absolute atomic E-state index is 0.295. The van der Waals surface area contributed by atoms with Gasteiger partial charge >= 0.3 is 0 Å². The van der Waals surface area contributed by atoms with Gasteiger partial charge in [-0.2, -0.15) is 5.26 Å². The van der Waals surface area contributed by atoms with Crippen molar-refractivity contribution in [1.29, 1.82) is 5.26 Å². The normalized spacial score (nSPS) is 16.3. The standard InChI is InChI=1S/C20H18N2O2/c1-13-15-9-8-14-6-2-3-7-16(14)18(15)24-17(13)19(23)22-20(12-21)10-4-5-11-20/h2-3,6-9H,4-5,10-11H2,1H3,(H,22,23). The first-order valence-corrected chi connectivity index (χ1v) is 8.28. The Labute approximate surface area is 140 Å². The van der Waals surface area contributed by atoms with Crippen LogP contribution in [-0.2, 0) is 0 Å². The summed E-state index contributed by atoms with van der Waals surface area (Å²) in [6.45, 7) is 1.89. The summed E-state index contributed by atoms with van der Waals surface area (Å²) in [5.74, 6) is 0.0131. The van der Waals surface area contributed by atoms with Crippen LogP contribution >= 0.6 is 0 Å². The van der Waals surface area contributed by atoms with E-state index in [-0.39, 0.29) is 5.91 Å². The number of aryl methyl sites for hydroxylation is 1. The number of carbonyl (C=O) groups excluding carboxylic acids is 1. The van der Waals surface area contributed by atoms with Crippen molar-refractivity contribution in [3.8, 4) is 6.07 Å². The van der Waals surface area contributed by atoms with Gasteiger partial charge in [0.2, 0.25) is 0 Å². The molecule has 4 heteroatoms. The average molecular weight is 318 g/mol. The van der Waals surface area contributed by atoms with Crippen LogP contribution in [0.5, 0.6) is 0 Å². The lowest BCUT2D eigenvalue weighted by Gasteiger charge is -2.21. The number of nitrogens with zero attached hydrogens (tertiary/aromatic N) is 1. The second-order valence-electron chi connectivity index (χ2n) is 6.57. The zero-order valence-electron chi connectivity index (χ0n) is 13.6. The molecule has 2 aromatic carbocycles. The van der Waals surface area contributed by atoms with Crippen molar-refractivity contribution in [3.05, 3.63) is 47.7 Å². The molecule has 1 fully saturated rings. The number of nitriles is 1. The Morgan fingerprint density at radius 1 is 1.17 bits per heavy atom. The zero-order valence-corrected chi connectivity index (χ0v) is 13.6. The van der Waals surface area contributed by atoms with E-state index in [2.05, 4.69) is 11.4 Å². The van der Waals surface area contributed by atoms with E-state index in [1.807, 2.05) is 43.3 Å². The number of nitrogens with one attached hydrogen (secondary N) is 1. The molecular weight excluding hydrogens is 300 g/mol. The van der Waals surface area contributed by atoms with Crippen LogP contribution in [0.4, 0.5) is 0 Å². The predicted molar refractivity (Wildman–Crippen MR) is 92.7 cm³/mol. The van der Waals surface area contributed by atoms with Gasteiger partial charge in [-0.05, 0) is 38.0 Å². The van der Waals surface area contributed by atoms with Gasteiger partial charge in [-0.1, -0.05) is 36.4 Å². The van der Waals surface area contributed by atoms with Crippen molar-refractivity contribution < 1.29 is 9.21 Å². The Morgan fingerprint density at radius 2 is 1.92 bits per heavy atom. The predicted octanol–water partition coefficient (Wildman–Crippen LogP) is 4.46. The summed E-state index contributed by atoms with van der Waals surface area (Å²) in [5.41, 5.74) is 0.803. The highest BCUT2D eigenvalue weighted by Crippen LogP contribution is 2.33. The monoisotopic (exact) mass is 318 g/mol. The third kappa shape index (κ3) is 2.16. The fourth-order valence-corrected chi connectivity index (χ4v) is 3.68. The molecule has 0 radical (unpaired) electrons. The first-order valence-electron chi connectivity index (χ1n) is 8.28. The molecule has 4 rings (SSSR count). The van der Waals surface area contributed by atoms with E-state index in [0.717, 1.165) is 40.1 Å². The van der Waals surface area contributed by atoms with Gasteiger partial charge < -0.3 is 9.73 Å². The Morgan fingerprint density at radius 3 is 2.67 bits per heavy atom. The lowest BCUT2D eigenvalue weighted by Crippen LogP contribution is -2.45. The van der Waals surface area contributed by atoms with E-state index in [1.54, 1.807) is 0 Å². The molecule has 0 aliphatic heterocycles. The minimum Gasteiger partial charge on any atom is -0.450 e. The van der Waals surface area contributed by atoms with Crippen molar-refractivity contribution >= 4 is 27.6 Å². The Balaban J connectivity index is 1.79. The fourth-order valence-electron chi connectivity index (χ4n) is 3.68. The molecular formula is C20H18N2O2. The number of hydrogen-bond donors (Lipinski definition) is 1. The fraction of sp³-hybridized carbons (Fsp3) is 0.300. The summed E-state index contributed by atoms with van der Waals surface area (Å²) in [5, 5.41) is 15.4. The van der Waals surface area contributed by atoms with Gasteiger partial charge in [0.05, 0.1) is 6.07 Å². The number of fused-ring (bicyclic) bond motifs is 3. The summed E-state index contributed by atoms with van der Waals surface area (Å²) < 4.78 is 5.95. The van der Waals surface area contributed by atoms with Crippen molar-refractivity contribution in [3.63, 3.8) is 0 Å².